The highest BCUT2D eigenvalue weighted by Crippen LogP contribution is 2.22. The van der Waals surface area contributed by atoms with E-state index < -0.39 is 17.3 Å². The standard InChI is InChI=1S/C19H17FN4O3S/c1-21-16(25)10-22-17(26)11-28-19-23-14-8-4-2-6-12(14)18(27)24(19)15-9-5-3-7-13(15)20/h2-9H,10-11H2,1H3,(H,21,25)(H,22,26). The van der Waals surface area contributed by atoms with Gasteiger partial charge in [0.15, 0.2) is 5.16 Å². The molecule has 0 fully saturated rings. The Bertz CT molecular complexity index is 1100. The summed E-state index contributed by atoms with van der Waals surface area (Å²) in [4.78, 5) is 40.7. The van der Waals surface area contributed by atoms with E-state index in [1.807, 2.05) is 0 Å². The lowest BCUT2D eigenvalue weighted by molar-refractivity contribution is -0.124. The Morgan fingerprint density at radius 1 is 1.11 bits per heavy atom. The summed E-state index contributed by atoms with van der Waals surface area (Å²) in [6, 6.07) is 12.6. The first-order chi connectivity index (χ1) is 13.5. The first-order valence-electron chi connectivity index (χ1n) is 8.38. The van der Waals surface area contributed by atoms with E-state index >= 15 is 0 Å². The van der Waals surface area contributed by atoms with Crippen LogP contribution in [0.1, 0.15) is 0 Å². The number of fused-ring (bicyclic) bond motifs is 1. The molecule has 144 valence electrons. The molecule has 28 heavy (non-hydrogen) atoms. The van der Waals surface area contributed by atoms with Crippen molar-refractivity contribution in [3.05, 3.63) is 64.7 Å². The predicted molar refractivity (Wildman–Crippen MR) is 105 cm³/mol. The van der Waals surface area contributed by atoms with Gasteiger partial charge in [-0.05, 0) is 24.3 Å². The molecule has 0 unspecified atom stereocenters. The number of likely N-dealkylation sites (N-methyl/N-ethyl adjacent to an activating group) is 1. The van der Waals surface area contributed by atoms with Gasteiger partial charge in [-0.1, -0.05) is 36.0 Å². The molecule has 0 bridgehead atoms. The molecule has 0 spiro atoms. The van der Waals surface area contributed by atoms with Gasteiger partial charge in [-0.3, -0.25) is 19.0 Å². The number of benzene rings is 2. The summed E-state index contributed by atoms with van der Waals surface area (Å²) < 4.78 is 15.5. The minimum Gasteiger partial charge on any atom is -0.358 e. The minimum absolute atomic E-state index is 0.0546. The van der Waals surface area contributed by atoms with Gasteiger partial charge in [0.05, 0.1) is 28.9 Å². The van der Waals surface area contributed by atoms with Crippen molar-refractivity contribution in [2.45, 2.75) is 5.16 Å². The third kappa shape index (κ3) is 4.20. The first kappa shape index (κ1) is 19.6. The zero-order chi connectivity index (χ0) is 20.1. The summed E-state index contributed by atoms with van der Waals surface area (Å²) in [5.74, 6) is -1.40. The summed E-state index contributed by atoms with van der Waals surface area (Å²) in [6.45, 7) is -0.152. The maximum absolute atomic E-state index is 14.4. The SMILES string of the molecule is CNC(=O)CNC(=O)CSc1nc2ccccc2c(=O)n1-c1ccccc1F. The van der Waals surface area contributed by atoms with E-state index in [-0.39, 0.29) is 29.0 Å². The van der Waals surface area contributed by atoms with E-state index in [1.165, 1.54) is 25.2 Å². The quantitative estimate of drug-likeness (QED) is 0.483. The Labute approximate surface area is 164 Å². The number of rotatable bonds is 6. The lowest BCUT2D eigenvalue weighted by Gasteiger charge is -2.13. The first-order valence-corrected chi connectivity index (χ1v) is 9.36. The fourth-order valence-corrected chi connectivity index (χ4v) is 3.34. The van der Waals surface area contributed by atoms with Crippen LogP contribution < -0.4 is 16.2 Å². The Balaban J connectivity index is 1.98. The summed E-state index contributed by atoms with van der Waals surface area (Å²) in [6.07, 6.45) is 0. The molecule has 1 heterocycles. The Hall–Kier alpha value is -3.20. The molecule has 0 atom stereocenters. The number of thioether (sulfide) groups is 1. The van der Waals surface area contributed by atoms with Crippen LogP contribution in [0.5, 0.6) is 0 Å². The van der Waals surface area contributed by atoms with Crippen molar-refractivity contribution in [3.8, 4) is 5.69 Å². The molecule has 0 saturated heterocycles. The summed E-state index contributed by atoms with van der Waals surface area (Å²) in [5, 5.41) is 5.39. The third-order valence-corrected chi connectivity index (χ3v) is 4.83. The molecule has 1 aromatic heterocycles. The average molecular weight is 400 g/mol. The molecule has 0 aliphatic carbocycles. The number of halogens is 1. The van der Waals surface area contributed by atoms with Gasteiger partial charge < -0.3 is 10.6 Å². The molecule has 0 aliphatic rings. The monoisotopic (exact) mass is 400 g/mol. The van der Waals surface area contributed by atoms with Crippen LogP contribution in [-0.2, 0) is 9.59 Å². The highest BCUT2D eigenvalue weighted by atomic mass is 32.2. The number of aromatic nitrogens is 2. The Morgan fingerprint density at radius 3 is 2.57 bits per heavy atom. The molecule has 3 rings (SSSR count). The van der Waals surface area contributed by atoms with E-state index in [1.54, 1.807) is 30.3 Å². The van der Waals surface area contributed by atoms with E-state index in [2.05, 4.69) is 15.6 Å². The lowest BCUT2D eigenvalue weighted by atomic mass is 10.2. The average Bonchev–Trinajstić information content (AvgIpc) is 2.71. The largest absolute Gasteiger partial charge is 0.358 e. The number of carbonyl (C=O) groups excluding carboxylic acids is 2. The second-order valence-corrected chi connectivity index (χ2v) is 6.68. The van der Waals surface area contributed by atoms with Crippen molar-refractivity contribution < 1.29 is 14.0 Å². The van der Waals surface area contributed by atoms with Gasteiger partial charge in [0, 0.05) is 7.05 Å². The number of amides is 2. The summed E-state index contributed by atoms with van der Waals surface area (Å²) >= 11 is 0.988. The molecule has 2 N–H and O–H groups in total. The van der Waals surface area contributed by atoms with Crippen molar-refractivity contribution in [1.29, 1.82) is 0 Å². The molecule has 0 aliphatic heterocycles. The van der Waals surface area contributed by atoms with Crippen molar-refractivity contribution in [2.75, 3.05) is 19.3 Å². The van der Waals surface area contributed by atoms with Crippen molar-refractivity contribution in [3.63, 3.8) is 0 Å². The van der Waals surface area contributed by atoms with Crippen LogP contribution in [0, 0.1) is 5.82 Å². The van der Waals surface area contributed by atoms with Gasteiger partial charge in [0.1, 0.15) is 5.82 Å². The third-order valence-electron chi connectivity index (χ3n) is 3.90. The zero-order valence-corrected chi connectivity index (χ0v) is 15.8. The molecule has 2 aromatic carbocycles. The molecule has 9 heteroatoms. The van der Waals surface area contributed by atoms with Crippen molar-refractivity contribution in [2.24, 2.45) is 0 Å². The fourth-order valence-electron chi connectivity index (χ4n) is 2.50. The molecule has 0 radical (unpaired) electrons. The van der Waals surface area contributed by atoms with Crippen LogP contribution in [0.2, 0.25) is 0 Å². The van der Waals surface area contributed by atoms with Gasteiger partial charge in [-0.2, -0.15) is 0 Å². The van der Waals surface area contributed by atoms with Gasteiger partial charge in [-0.25, -0.2) is 9.37 Å². The molecule has 7 nitrogen and oxygen atoms in total. The zero-order valence-electron chi connectivity index (χ0n) is 14.9. The Kier molecular flexibility index (Phi) is 6.05. The van der Waals surface area contributed by atoms with Gasteiger partial charge in [0.25, 0.3) is 5.56 Å². The van der Waals surface area contributed by atoms with Crippen molar-refractivity contribution in [1.82, 2.24) is 20.2 Å². The van der Waals surface area contributed by atoms with Crippen LogP contribution in [0.3, 0.4) is 0 Å². The van der Waals surface area contributed by atoms with Crippen LogP contribution in [0.4, 0.5) is 4.39 Å². The van der Waals surface area contributed by atoms with E-state index in [9.17, 15) is 18.8 Å². The lowest BCUT2D eigenvalue weighted by Crippen LogP contribution is -2.36. The van der Waals surface area contributed by atoms with Crippen LogP contribution in [-0.4, -0.2) is 40.7 Å². The molecular formula is C19H17FN4O3S. The predicted octanol–water partition coefficient (Wildman–Crippen LogP) is 1.48. The smallest absolute Gasteiger partial charge is 0.266 e. The van der Waals surface area contributed by atoms with Gasteiger partial charge >= 0.3 is 0 Å². The molecular weight excluding hydrogens is 383 g/mol. The molecule has 0 saturated carbocycles. The minimum atomic E-state index is -0.576. The molecule has 3 aromatic rings. The van der Waals surface area contributed by atoms with Crippen LogP contribution >= 0.6 is 11.8 Å². The number of nitrogens with zero attached hydrogens (tertiary/aromatic N) is 2. The fraction of sp³-hybridized carbons (Fsp3) is 0.158. The Morgan fingerprint density at radius 2 is 1.82 bits per heavy atom. The summed E-state index contributed by atoms with van der Waals surface area (Å²) in [5.41, 5.74) is 0.0800. The van der Waals surface area contributed by atoms with E-state index in [4.69, 9.17) is 0 Å². The normalized spacial score (nSPS) is 10.6. The maximum atomic E-state index is 14.4. The highest BCUT2D eigenvalue weighted by Gasteiger charge is 2.17. The second kappa shape index (κ2) is 8.66. The van der Waals surface area contributed by atoms with Crippen molar-refractivity contribution >= 4 is 34.5 Å². The molecule has 2 amide bonds. The number of nitrogens with one attached hydrogen (secondary N) is 2. The number of hydrogen-bond acceptors (Lipinski definition) is 5. The van der Waals surface area contributed by atoms with Crippen LogP contribution in [0.25, 0.3) is 16.6 Å². The van der Waals surface area contributed by atoms with Crippen LogP contribution in [0.15, 0.2) is 58.5 Å². The maximum Gasteiger partial charge on any atom is 0.266 e. The van der Waals surface area contributed by atoms with Gasteiger partial charge in [-0.15, -0.1) is 0 Å². The second-order valence-electron chi connectivity index (χ2n) is 5.74. The van der Waals surface area contributed by atoms with E-state index in [0.717, 1.165) is 16.3 Å². The number of carbonyl (C=O) groups is 2. The number of hydrogen-bond donors (Lipinski definition) is 2. The summed E-state index contributed by atoms with van der Waals surface area (Å²) in [7, 11) is 1.47. The highest BCUT2D eigenvalue weighted by molar-refractivity contribution is 7.99. The topological polar surface area (TPSA) is 93.1 Å². The number of para-hydroxylation sites is 2. The van der Waals surface area contributed by atoms with Gasteiger partial charge in [0.2, 0.25) is 11.8 Å². The van der Waals surface area contributed by atoms with E-state index in [0.29, 0.717) is 10.9 Å².